The van der Waals surface area contributed by atoms with Crippen molar-refractivity contribution in [1.82, 2.24) is 4.90 Å². The summed E-state index contributed by atoms with van der Waals surface area (Å²) in [4.78, 5) is 12.6. The van der Waals surface area contributed by atoms with Crippen LogP contribution in [0.5, 0.6) is 0 Å². The van der Waals surface area contributed by atoms with Crippen LogP contribution in [0.25, 0.3) is 0 Å². The van der Waals surface area contributed by atoms with Gasteiger partial charge in [0.25, 0.3) is 5.92 Å². The predicted octanol–water partition coefficient (Wildman–Crippen LogP) is 2.51. The average Bonchev–Trinajstić information content (AvgIpc) is 2.13. The van der Waals surface area contributed by atoms with Crippen LogP contribution < -0.4 is 0 Å². The van der Waals surface area contributed by atoms with Gasteiger partial charge in [-0.3, -0.25) is 0 Å². The standard InChI is InChI=1S/C12H17F2NO2/c1-5-9-6-7-15(8-12(9,13)14)10(16)17-11(2,3)4/h1,9H,6-8H2,2-4H3. The molecule has 5 heteroatoms. The molecule has 1 saturated heterocycles. The lowest BCUT2D eigenvalue weighted by molar-refractivity contribution is -0.0923. The van der Waals surface area contributed by atoms with Crippen molar-refractivity contribution in [2.75, 3.05) is 13.1 Å². The van der Waals surface area contributed by atoms with Crippen molar-refractivity contribution in [2.45, 2.75) is 38.7 Å². The van der Waals surface area contributed by atoms with E-state index in [4.69, 9.17) is 11.2 Å². The maximum Gasteiger partial charge on any atom is 0.410 e. The number of rotatable bonds is 0. The second kappa shape index (κ2) is 4.52. The monoisotopic (exact) mass is 245 g/mol. The van der Waals surface area contributed by atoms with Crippen LogP contribution in [0, 0.1) is 18.3 Å². The molecule has 0 aliphatic carbocycles. The minimum atomic E-state index is -3.04. The molecule has 1 heterocycles. The lowest BCUT2D eigenvalue weighted by atomic mass is 9.94. The van der Waals surface area contributed by atoms with Gasteiger partial charge in [-0.05, 0) is 27.2 Å². The summed E-state index contributed by atoms with van der Waals surface area (Å²) < 4.78 is 32.1. The molecular weight excluding hydrogens is 228 g/mol. The van der Waals surface area contributed by atoms with Crippen molar-refractivity contribution in [3.05, 3.63) is 0 Å². The van der Waals surface area contributed by atoms with E-state index in [1.807, 2.05) is 0 Å². The Labute approximate surface area is 100 Å². The molecule has 1 unspecified atom stereocenters. The highest BCUT2D eigenvalue weighted by atomic mass is 19.3. The van der Waals surface area contributed by atoms with Crippen LogP contribution in [0.1, 0.15) is 27.2 Å². The number of amides is 1. The summed E-state index contributed by atoms with van der Waals surface area (Å²) >= 11 is 0. The maximum absolute atomic E-state index is 13.5. The maximum atomic E-state index is 13.5. The zero-order valence-electron chi connectivity index (χ0n) is 10.3. The molecule has 0 N–H and O–H groups in total. The number of carbonyl (C=O) groups is 1. The summed E-state index contributed by atoms with van der Waals surface area (Å²) in [6, 6.07) is 0. The van der Waals surface area contributed by atoms with Crippen molar-refractivity contribution in [2.24, 2.45) is 5.92 Å². The number of piperidine rings is 1. The highest BCUT2D eigenvalue weighted by molar-refractivity contribution is 5.68. The SMILES string of the molecule is C#CC1CCN(C(=O)OC(C)(C)C)CC1(F)F. The van der Waals surface area contributed by atoms with E-state index in [9.17, 15) is 13.6 Å². The van der Waals surface area contributed by atoms with Gasteiger partial charge in [-0.2, -0.15) is 0 Å². The Morgan fingerprint density at radius 2 is 2.12 bits per heavy atom. The predicted molar refractivity (Wildman–Crippen MR) is 59.7 cm³/mol. The third-order valence-corrected chi connectivity index (χ3v) is 2.45. The van der Waals surface area contributed by atoms with Gasteiger partial charge in [0, 0.05) is 6.54 Å². The summed E-state index contributed by atoms with van der Waals surface area (Å²) in [6.45, 7) is 4.61. The van der Waals surface area contributed by atoms with E-state index in [1.165, 1.54) is 0 Å². The van der Waals surface area contributed by atoms with Gasteiger partial charge in [0.15, 0.2) is 0 Å². The smallest absolute Gasteiger partial charge is 0.410 e. The molecule has 0 aromatic rings. The summed E-state index contributed by atoms with van der Waals surface area (Å²) in [5.41, 5.74) is -0.685. The first-order valence-corrected chi connectivity index (χ1v) is 5.47. The number of halogens is 2. The molecule has 1 rings (SSSR count). The molecule has 96 valence electrons. The molecule has 0 saturated carbocycles. The topological polar surface area (TPSA) is 29.5 Å². The van der Waals surface area contributed by atoms with Gasteiger partial charge in [0.05, 0.1) is 12.5 Å². The normalized spacial score (nSPS) is 24.0. The van der Waals surface area contributed by atoms with Crippen LogP contribution in [0.15, 0.2) is 0 Å². The molecular formula is C12H17F2NO2. The number of hydrogen-bond donors (Lipinski definition) is 0. The first kappa shape index (κ1) is 13.8. The van der Waals surface area contributed by atoms with Crippen LogP contribution in [0.2, 0.25) is 0 Å². The molecule has 0 spiro atoms. The molecule has 1 aliphatic heterocycles. The van der Waals surface area contributed by atoms with Crippen molar-refractivity contribution >= 4 is 6.09 Å². The lowest BCUT2D eigenvalue weighted by Gasteiger charge is -2.36. The third-order valence-electron chi connectivity index (χ3n) is 2.45. The molecule has 0 bridgehead atoms. The number of terminal acetylenes is 1. The minimum absolute atomic E-state index is 0.0999. The third kappa shape index (κ3) is 3.58. The van der Waals surface area contributed by atoms with E-state index in [0.717, 1.165) is 4.90 Å². The number of alkyl halides is 2. The van der Waals surface area contributed by atoms with Crippen LogP contribution in [0.4, 0.5) is 13.6 Å². The van der Waals surface area contributed by atoms with Gasteiger partial charge >= 0.3 is 6.09 Å². The van der Waals surface area contributed by atoms with E-state index in [-0.39, 0.29) is 13.0 Å². The van der Waals surface area contributed by atoms with Gasteiger partial charge in [0.1, 0.15) is 5.60 Å². The molecule has 1 atom stereocenters. The quantitative estimate of drug-likeness (QED) is 0.614. The number of nitrogens with zero attached hydrogens (tertiary/aromatic N) is 1. The summed E-state index contributed by atoms with van der Waals surface area (Å²) in [7, 11) is 0. The molecule has 17 heavy (non-hydrogen) atoms. The van der Waals surface area contributed by atoms with Crippen molar-refractivity contribution < 1.29 is 18.3 Å². The van der Waals surface area contributed by atoms with Crippen molar-refractivity contribution in [3.63, 3.8) is 0 Å². The average molecular weight is 245 g/mol. The van der Waals surface area contributed by atoms with E-state index in [2.05, 4.69) is 5.92 Å². The Balaban J connectivity index is 2.66. The van der Waals surface area contributed by atoms with Crippen LogP contribution in [-0.4, -0.2) is 35.6 Å². The Hall–Kier alpha value is -1.31. The Morgan fingerprint density at radius 3 is 2.53 bits per heavy atom. The lowest BCUT2D eigenvalue weighted by Crippen LogP contribution is -2.51. The Kier molecular flexibility index (Phi) is 3.65. The molecule has 0 radical (unpaired) electrons. The summed E-state index contributed by atoms with van der Waals surface area (Å²) in [6.07, 6.45) is 4.42. The highest BCUT2D eigenvalue weighted by Gasteiger charge is 2.45. The van der Waals surface area contributed by atoms with E-state index in [0.29, 0.717) is 0 Å². The molecule has 0 aromatic carbocycles. The van der Waals surface area contributed by atoms with E-state index >= 15 is 0 Å². The van der Waals surface area contributed by atoms with Gasteiger partial charge < -0.3 is 9.64 Å². The molecule has 1 fully saturated rings. The second-order valence-electron chi connectivity index (χ2n) is 5.17. The number of likely N-dealkylation sites (tertiary alicyclic amines) is 1. The molecule has 1 amide bonds. The zero-order chi connectivity index (χ0) is 13.3. The van der Waals surface area contributed by atoms with Crippen molar-refractivity contribution in [3.8, 4) is 12.3 Å². The highest BCUT2D eigenvalue weighted by Crippen LogP contribution is 2.32. The fourth-order valence-electron chi connectivity index (χ4n) is 1.63. The summed E-state index contributed by atoms with van der Waals surface area (Å²) in [5.74, 6) is -2.06. The number of ether oxygens (including phenoxy) is 1. The first-order valence-electron chi connectivity index (χ1n) is 5.47. The van der Waals surface area contributed by atoms with Gasteiger partial charge in [0.2, 0.25) is 0 Å². The van der Waals surface area contributed by atoms with Crippen LogP contribution >= 0.6 is 0 Å². The number of hydrogen-bond acceptors (Lipinski definition) is 2. The van der Waals surface area contributed by atoms with Gasteiger partial charge in [-0.15, -0.1) is 6.42 Å². The first-order chi connectivity index (χ1) is 7.65. The van der Waals surface area contributed by atoms with Crippen molar-refractivity contribution in [1.29, 1.82) is 0 Å². The minimum Gasteiger partial charge on any atom is -0.444 e. The molecule has 3 nitrogen and oxygen atoms in total. The summed E-state index contributed by atoms with van der Waals surface area (Å²) in [5, 5.41) is 0. The van der Waals surface area contributed by atoms with Gasteiger partial charge in [-0.25, -0.2) is 13.6 Å². The van der Waals surface area contributed by atoms with E-state index < -0.39 is 30.1 Å². The number of carbonyl (C=O) groups excluding carboxylic acids is 1. The fourth-order valence-corrected chi connectivity index (χ4v) is 1.63. The van der Waals surface area contributed by atoms with Crippen LogP contribution in [-0.2, 0) is 4.74 Å². The largest absolute Gasteiger partial charge is 0.444 e. The fraction of sp³-hybridized carbons (Fsp3) is 0.750. The molecule has 1 aliphatic rings. The molecule has 0 aromatic heterocycles. The Bertz CT molecular complexity index is 341. The van der Waals surface area contributed by atoms with Gasteiger partial charge in [-0.1, -0.05) is 5.92 Å². The zero-order valence-corrected chi connectivity index (χ0v) is 10.3. The van der Waals surface area contributed by atoms with Crippen LogP contribution in [0.3, 0.4) is 0 Å². The second-order valence-corrected chi connectivity index (χ2v) is 5.17. The van der Waals surface area contributed by atoms with E-state index in [1.54, 1.807) is 20.8 Å². The Morgan fingerprint density at radius 1 is 1.53 bits per heavy atom.